The normalized spacial score (nSPS) is 15.1. The van der Waals surface area contributed by atoms with Gasteiger partial charge < -0.3 is 20.1 Å². The van der Waals surface area contributed by atoms with Crippen LogP contribution in [0.3, 0.4) is 0 Å². The molecule has 1 atom stereocenters. The van der Waals surface area contributed by atoms with E-state index >= 15 is 0 Å². The summed E-state index contributed by atoms with van der Waals surface area (Å²) in [6.07, 6.45) is 2.52. The number of anilines is 2. The van der Waals surface area contributed by atoms with Crippen LogP contribution in [0.25, 0.3) is 0 Å². The number of ether oxygens (including phenoxy) is 2. The number of halogens is 1. The first-order valence-corrected chi connectivity index (χ1v) is 12.7. The second kappa shape index (κ2) is 10.3. The summed E-state index contributed by atoms with van der Waals surface area (Å²) in [6.45, 7) is 6.68. The van der Waals surface area contributed by atoms with E-state index in [2.05, 4.69) is 31.4 Å². The van der Waals surface area contributed by atoms with Crippen LogP contribution in [0.5, 0.6) is 11.5 Å². The summed E-state index contributed by atoms with van der Waals surface area (Å²) in [5, 5.41) is 6.28. The van der Waals surface area contributed by atoms with Gasteiger partial charge in [-0.2, -0.15) is 0 Å². The molecule has 1 heterocycles. The third-order valence-electron chi connectivity index (χ3n) is 6.69. The quantitative estimate of drug-likeness (QED) is 0.394. The lowest BCUT2D eigenvalue weighted by molar-refractivity contribution is 0.102. The molecule has 0 fully saturated rings. The monoisotopic (exact) mass is 510 g/mol. The van der Waals surface area contributed by atoms with Crippen molar-refractivity contribution in [2.75, 3.05) is 24.9 Å². The van der Waals surface area contributed by atoms with Crippen LogP contribution in [0.1, 0.15) is 58.3 Å². The van der Waals surface area contributed by atoms with Crippen molar-refractivity contribution in [1.29, 1.82) is 0 Å². The lowest BCUT2D eigenvalue weighted by Gasteiger charge is -2.33. The molecule has 3 aromatic rings. The molecule has 0 saturated carbocycles. The van der Waals surface area contributed by atoms with Gasteiger partial charge in [-0.25, -0.2) is 4.39 Å². The molecule has 2 amide bonds. The molecule has 2 N–H and O–H groups in total. The van der Waals surface area contributed by atoms with E-state index < -0.39 is 11.7 Å². The summed E-state index contributed by atoms with van der Waals surface area (Å²) < 4.78 is 24.4. The fraction of sp³-hybridized carbons (Fsp3) is 0.357. The van der Waals surface area contributed by atoms with Crippen molar-refractivity contribution in [3.63, 3.8) is 0 Å². The van der Waals surface area contributed by atoms with E-state index in [1.54, 1.807) is 31.4 Å². The average molecular weight is 511 g/mol. The van der Waals surface area contributed by atoms with Gasteiger partial charge in [0.2, 0.25) is 0 Å². The highest BCUT2D eigenvalue weighted by Gasteiger charge is 2.34. The molecule has 36 heavy (non-hydrogen) atoms. The van der Waals surface area contributed by atoms with Gasteiger partial charge in [-0.05, 0) is 66.5 Å². The Balaban J connectivity index is 1.72. The van der Waals surface area contributed by atoms with Gasteiger partial charge in [0.25, 0.3) is 11.8 Å². The number of rotatable bonds is 6. The van der Waals surface area contributed by atoms with Gasteiger partial charge in [0.15, 0.2) is 0 Å². The first-order chi connectivity index (χ1) is 17.1. The summed E-state index contributed by atoms with van der Waals surface area (Å²) in [4.78, 5) is 27.8. The number of carbonyl (C=O) groups is 2. The van der Waals surface area contributed by atoms with Gasteiger partial charge in [-0.3, -0.25) is 9.59 Å². The lowest BCUT2D eigenvalue weighted by Crippen LogP contribution is -2.27. The third-order valence-corrected chi connectivity index (χ3v) is 7.86. The predicted molar refractivity (Wildman–Crippen MR) is 141 cm³/mol. The second-order valence-electron chi connectivity index (χ2n) is 10.00. The SMILES string of the molecule is COc1ccc(OC)c(NC(=O)c2c(NC(=O)c3cccc(F)c3)sc3c2CC[C@@H](C(C)(C)C)C3)c1. The number of hydrogen-bond acceptors (Lipinski definition) is 5. The molecule has 0 radical (unpaired) electrons. The largest absolute Gasteiger partial charge is 0.497 e. The van der Waals surface area contributed by atoms with Crippen molar-refractivity contribution in [2.24, 2.45) is 11.3 Å². The van der Waals surface area contributed by atoms with Crippen molar-refractivity contribution in [1.82, 2.24) is 0 Å². The lowest BCUT2D eigenvalue weighted by atomic mass is 9.72. The Morgan fingerprint density at radius 2 is 1.81 bits per heavy atom. The first kappa shape index (κ1) is 25.7. The molecule has 190 valence electrons. The van der Waals surface area contributed by atoms with Crippen LogP contribution < -0.4 is 20.1 Å². The van der Waals surface area contributed by atoms with E-state index in [0.29, 0.717) is 33.7 Å². The zero-order valence-electron chi connectivity index (χ0n) is 21.2. The van der Waals surface area contributed by atoms with E-state index in [4.69, 9.17) is 9.47 Å². The van der Waals surface area contributed by atoms with E-state index in [-0.39, 0.29) is 16.9 Å². The molecule has 2 aromatic carbocycles. The number of amides is 2. The summed E-state index contributed by atoms with van der Waals surface area (Å²) in [5.74, 6) is 0.225. The Hall–Kier alpha value is -3.39. The van der Waals surface area contributed by atoms with Gasteiger partial charge in [0.05, 0.1) is 25.5 Å². The Morgan fingerprint density at radius 3 is 2.47 bits per heavy atom. The van der Waals surface area contributed by atoms with Crippen molar-refractivity contribution >= 4 is 33.8 Å². The van der Waals surface area contributed by atoms with Crippen LogP contribution in [0, 0.1) is 17.2 Å². The fourth-order valence-electron chi connectivity index (χ4n) is 4.55. The molecule has 1 aliphatic carbocycles. The summed E-state index contributed by atoms with van der Waals surface area (Å²) >= 11 is 1.42. The Labute approximate surface area is 214 Å². The molecule has 4 rings (SSSR count). The highest BCUT2D eigenvalue weighted by atomic mass is 32.1. The van der Waals surface area contributed by atoms with Crippen molar-refractivity contribution in [2.45, 2.75) is 40.0 Å². The van der Waals surface area contributed by atoms with E-state index in [1.165, 1.54) is 36.6 Å². The molecular weight excluding hydrogens is 479 g/mol. The van der Waals surface area contributed by atoms with E-state index in [9.17, 15) is 14.0 Å². The van der Waals surface area contributed by atoms with Crippen LogP contribution in [0.2, 0.25) is 0 Å². The molecule has 6 nitrogen and oxygen atoms in total. The van der Waals surface area contributed by atoms with Gasteiger partial charge in [-0.15, -0.1) is 11.3 Å². The highest BCUT2D eigenvalue weighted by Crippen LogP contribution is 2.45. The topological polar surface area (TPSA) is 76.7 Å². The number of methoxy groups -OCH3 is 2. The van der Waals surface area contributed by atoms with Crippen molar-refractivity contribution in [3.8, 4) is 11.5 Å². The molecule has 0 saturated heterocycles. The van der Waals surface area contributed by atoms with Gasteiger partial charge in [0.1, 0.15) is 22.3 Å². The van der Waals surface area contributed by atoms with Gasteiger partial charge >= 0.3 is 0 Å². The Bertz CT molecular complexity index is 1300. The number of nitrogens with one attached hydrogen (secondary N) is 2. The van der Waals surface area contributed by atoms with E-state index in [1.807, 2.05) is 0 Å². The molecular formula is C28H31FN2O4S. The van der Waals surface area contributed by atoms with Crippen LogP contribution in [-0.4, -0.2) is 26.0 Å². The number of carbonyl (C=O) groups excluding carboxylic acids is 2. The molecule has 0 spiro atoms. The minimum Gasteiger partial charge on any atom is -0.497 e. The maximum atomic E-state index is 13.7. The van der Waals surface area contributed by atoms with E-state index in [0.717, 1.165) is 29.7 Å². The number of hydrogen-bond donors (Lipinski definition) is 2. The number of benzene rings is 2. The second-order valence-corrected chi connectivity index (χ2v) is 11.1. The molecule has 0 unspecified atom stereocenters. The smallest absolute Gasteiger partial charge is 0.259 e. The number of fused-ring (bicyclic) bond motifs is 1. The third kappa shape index (κ3) is 5.38. The molecule has 1 aliphatic rings. The average Bonchev–Trinajstić information content (AvgIpc) is 3.20. The Kier molecular flexibility index (Phi) is 7.36. The molecule has 1 aromatic heterocycles. The fourth-order valence-corrected chi connectivity index (χ4v) is 5.87. The molecule has 0 bridgehead atoms. The minimum atomic E-state index is -0.496. The maximum Gasteiger partial charge on any atom is 0.259 e. The van der Waals surface area contributed by atoms with Gasteiger partial charge in [-0.1, -0.05) is 26.8 Å². The minimum absolute atomic E-state index is 0.128. The summed E-state index contributed by atoms with van der Waals surface area (Å²) in [7, 11) is 3.08. The van der Waals surface area contributed by atoms with Crippen molar-refractivity contribution < 1.29 is 23.5 Å². The van der Waals surface area contributed by atoms with Gasteiger partial charge in [0, 0.05) is 16.5 Å². The molecule has 0 aliphatic heterocycles. The van der Waals surface area contributed by atoms with Crippen LogP contribution in [0.4, 0.5) is 15.1 Å². The van der Waals surface area contributed by atoms with Crippen molar-refractivity contribution in [3.05, 3.63) is 69.8 Å². The maximum absolute atomic E-state index is 13.7. The summed E-state index contributed by atoms with van der Waals surface area (Å²) in [5.41, 5.74) is 2.18. The zero-order valence-corrected chi connectivity index (χ0v) is 22.0. The zero-order chi connectivity index (χ0) is 26.0. The summed E-state index contributed by atoms with van der Waals surface area (Å²) in [6, 6.07) is 10.7. The van der Waals surface area contributed by atoms with Crippen LogP contribution in [0.15, 0.2) is 42.5 Å². The predicted octanol–water partition coefficient (Wildman–Crippen LogP) is 6.56. The number of thiophene rings is 1. The highest BCUT2D eigenvalue weighted by molar-refractivity contribution is 7.17. The first-order valence-electron chi connectivity index (χ1n) is 11.9. The Morgan fingerprint density at radius 1 is 1.03 bits per heavy atom. The molecule has 8 heteroatoms. The van der Waals surface area contributed by atoms with Crippen LogP contribution in [-0.2, 0) is 12.8 Å². The van der Waals surface area contributed by atoms with Crippen LogP contribution >= 0.6 is 11.3 Å². The standard InChI is InChI=1S/C28H31FN2O4S/c1-28(2,3)17-9-11-20-23(14-17)36-27(31-25(32)16-7-6-8-18(29)13-16)24(20)26(33)30-21-15-19(34-4)10-12-22(21)35-5/h6-8,10,12-13,15,17H,9,11,14H2,1-5H3,(H,30,33)(H,31,32)/t17-/m1/s1.